The zero-order valence-corrected chi connectivity index (χ0v) is 12.9. The number of nitrogens with zero attached hydrogens (tertiary/aromatic N) is 1. The van der Waals surface area contributed by atoms with Crippen LogP contribution in [0.3, 0.4) is 0 Å². The van der Waals surface area contributed by atoms with Crippen LogP contribution in [0.4, 0.5) is 4.39 Å². The molecule has 6 heteroatoms. The molecule has 0 unspecified atom stereocenters. The molecule has 0 radical (unpaired) electrons. The third kappa shape index (κ3) is 5.27. The van der Waals surface area contributed by atoms with E-state index in [2.05, 4.69) is 5.32 Å². The van der Waals surface area contributed by atoms with E-state index in [9.17, 15) is 9.18 Å². The maximum absolute atomic E-state index is 12.8. The molecule has 1 amide bonds. The van der Waals surface area contributed by atoms with Crippen molar-refractivity contribution in [3.8, 4) is 5.75 Å². The summed E-state index contributed by atoms with van der Waals surface area (Å²) in [6, 6.07) is 6.04. The Labute approximate surface area is 130 Å². The largest absolute Gasteiger partial charge is 0.490 e. The Balaban J connectivity index is 1.68. The Hall–Kier alpha value is -1.66. The van der Waals surface area contributed by atoms with Crippen molar-refractivity contribution < 1.29 is 18.7 Å². The number of halogens is 1. The van der Waals surface area contributed by atoms with Crippen LogP contribution in [0.2, 0.25) is 0 Å². The third-order valence-electron chi connectivity index (χ3n) is 3.67. The first-order valence-corrected chi connectivity index (χ1v) is 7.58. The molecule has 1 saturated heterocycles. The van der Waals surface area contributed by atoms with E-state index >= 15 is 0 Å². The minimum atomic E-state index is -0.270. The van der Waals surface area contributed by atoms with E-state index in [0.717, 1.165) is 12.8 Å². The molecule has 1 fully saturated rings. The molecule has 1 heterocycles. The standard InChI is InChI=1S/C16H23FN2O3/c1-21-11-8-18-12-16(20)19-9-6-15(7-10-19)22-14-4-2-13(17)3-5-14/h2-5,15,18H,6-12H2,1H3. The number of piperidine rings is 1. The first kappa shape index (κ1) is 16.7. The molecule has 122 valence electrons. The van der Waals surface area contributed by atoms with E-state index in [4.69, 9.17) is 9.47 Å². The van der Waals surface area contributed by atoms with Crippen molar-refractivity contribution >= 4 is 5.91 Å². The van der Waals surface area contributed by atoms with Gasteiger partial charge in [-0.15, -0.1) is 0 Å². The van der Waals surface area contributed by atoms with Crippen molar-refractivity contribution in [2.75, 3.05) is 39.9 Å². The third-order valence-corrected chi connectivity index (χ3v) is 3.67. The highest BCUT2D eigenvalue weighted by Gasteiger charge is 2.23. The molecule has 1 aliphatic heterocycles. The van der Waals surface area contributed by atoms with E-state index in [1.54, 1.807) is 19.2 Å². The van der Waals surface area contributed by atoms with Crippen molar-refractivity contribution in [1.29, 1.82) is 0 Å². The van der Waals surface area contributed by atoms with Gasteiger partial charge < -0.3 is 19.7 Å². The minimum absolute atomic E-state index is 0.0796. The van der Waals surface area contributed by atoms with Crippen molar-refractivity contribution in [3.63, 3.8) is 0 Å². The Morgan fingerprint density at radius 3 is 2.64 bits per heavy atom. The fourth-order valence-electron chi connectivity index (χ4n) is 2.41. The predicted molar refractivity (Wildman–Crippen MR) is 81.4 cm³/mol. The van der Waals surface area contributed by atoms with Crippen molar-refractivity contribution in [2.24, 2.45) is 0 Å². The summed E-state index contributed by atoms with van der Waals surface area (Å²) in [5.74, 6) is 0.512. The fourth-order valence-corrected chi connectivity index (χ4v) is 2.41. The summed E-state index contributed by atoms with van der Waals surface area (Å²) in [5, 5.41) is 3.06. The summed E-state index contributed by atoms with van der Waals surface area (Å²) >= 11 is 0. The quantitative estimate of drug-likeness (QED) is 0.774. The summed E-state index contributed by atoms with van der Waals surface area (Å²) in [6.07, 6.45) is 1.67. The van der Waals surface area contributed by atoms with Gasteiger partial charge in [-0.05, 0) is 24.3 Å². The Bertz CT molecular complexity index is 459. The maximum atomic E-state index is 12.8. The smallest absolute Gasteiger partial charge is 0.236 e. The van der Waals surface area contributed by atoms with Gasteiger partial charge in [0.25, 0.3) is 0 Å². The molecule has 2 rings (SSSR count). The lowest BCUT2D eigenvalue weighted by molar-refractivity contribution is -0.132. The van der Waals surface area contributed by atoms with Gasteiger partial charge in [-0.25, -0.2) is 4.39 Å². The van der Waals surface area contributed by atoms with Gasteiger partial charge >= 0.3 is 0 Å². The number of methoxy groups -OCH3 is 1. The van der Waals surface area contributed by atoms with Crippen molar-refractivity contribution in [1.82, 2.24) is 10.2 Å². The highest BCUT2D eigenvalue weighted by Crippen LogP contribution is 2.19. The van der Waals surface area contributed by atoms with Gasteiger partial charge in [0.2, 0.25) is 5.91 Å². The van der Waals surface area contributed by atoms with Crippen LogP contribution in [-0.2, 0) is 9.53 Å². The highest BCUT2D eigenvalue weighted by molar-refractivity contribution is 5.78. The lowest BCUT2D eigenvalue weighted by Crippen LogP contribution is -2.45. The zero-order valence-electron chi connectivity index (χ0n) is 12.9. The molecule has 0 aromatic heterocycles. The number of carbonyl (C=O) groups excluding carboxylic acids is 1. The second-order valence-electron chi connectivity index (χ2n) is 5.32. The van der Waals surface area contributed by atoms with Crippen molar-refractivity contribution in [2.45, 2.75) is 18.9 Å². The summed E-state index contributed by atoms with van der Waals surface area (Å²) in [6.45, 7) is 2.99. The molecule has 0 bridgehead atoms. The molecule has 5 nitrogen and oxygen atoms in total. The fraction of sp³-hybridized carbons (Fsp3) is 0.562. The SMILES string of the molecule is COCCNCC(=O)N1CCC(Oc2ccc(F)cc2)CC1. The molecule has 0 atom stereocenters. The zero-order chi connectivity index (χ0) is 15.8. The summed E-state index contributed by atoms with van der Waals surface area (Å²) in [7, 11) is 1.63. The Morgan fingerprint density at radius 2 is 2.00 bits per heavy atom. The molecule has 22 heavy (non-hydrogen) atoms. The number of rotatable bonds is 7. The average Bonchev–Trinajstić information content (AvgIpc) is 2.54. The van der Waals surface area contributed by atoms with Crippen LogP contribution < -0.4 is 10.1 Å². The van der Waals surface area contributed by atoms with E-state index in [1.807, 2.05) is 4.90 Å². The van der Waals surface area contributed by atoms with Crippen LogP contribution in [0, 0.1) is 5.82 Å². The normalized spacial score (nSPS) is 15.8. The molecule has 1 aliphatic rings. The van der Waals surface area contributed by atoms with Crippen LogP contribution in [0.5, 0.6) is 5.75 Å². The van der Waals surface area contributed by atoms with Gasteiger partial charge in [0.05, 0.1) is 13.2 Å². The lowest BCUT2D eigenvalue weighted by atomic mass is 10.1. The second kappa shape index (κ2) is 8.70. The minimum Gasteiger partial charge on any atom is -0.490 e. The Morgan fingerprint density at radius 1 is 1.32 bits per heavy atom. The molecule has 0 saturated carbocycles. The van der Waals surface area contributed by atoms with E-state index < -0.39 is 0 Å². The predicted octanol–water partition coefficient (Wildman–Crippen LogP) is 1.43. The first-order chi connectivity index (χ1) is 10.7. The molecule has 0 aliphatic carbocycles. The lowest BCUT2D eigenvalue weighted by Gasteiger charge is -2.32. The summed E-state index contributed by atoms with van der Waals surface area (Å²) < 4.78 is 23.6. The van der Waals surface area contributed by atoms with Crippen molar-refractivity contribution in [3.05, 3.63) is 30.1 Å². The molecular formula is C16H23FN2O3. The molecule has 1 aromatic carbocycles. The first-order valence-electron chi connectivity index (χ1n) is 7.58. The van der Waals surface area contributed by atoms with Crippen LogP contribution in [-0.4, -0.2) is 56.8 Å². The number of benzene rings is 1. The molecule has 0 spiro atoms. The van der Waals surface area contributed by atoms with E-state index in [1.165, 1.54) is 12.1 Å². The number of likely N-dealkylation sites (tertiary alicyclic amines) is 1. The summed E-state index contributed by atoms with van der Waals surface area (Å²) in [4.78, 5) is 13.9. The number of amides is 1. The van der Waals surface area contributed by atoms with Gasteiger partial charge in [-0.3, -0.25) is 4.79 Å². The van der Waals surface area contributed by atoms with Crippen LogP contribution >= 0.6 is 0 Å². The summed E-state index contributed by atoms with van der Waals surface area (Å²) in [5.41, 5.74) is 0. The van der Waals surface area contributed by atoms with Crippen LogP contribution in [0.15, 0.2) is 24.3 Å². The van der Waals surface area contributed by atoms with Gasteiger partial charge in [0.15, 0.2) is 0 Å². The molecule has 1 aromatic rings. The van der Waals surface area contributed by atoms with E-state index in [0.29, 0.717) is 38.5 Å². The molecule has 1 N–H and O–H groups in total. The van der Waals surface area contributed by atoms with Gasteiger partial charge in [-0.1, -0.05) is 0 Å². The second-order valence-corrected chi connectivity index (χ2v) is 5.32. The average molecular weight is 310 g/mol. The van der Waals surface area contributed by atoms with Gasteiger partial charge in [-0.2, -0.15) is 0 Å². The number of ether oxygens (including phenoxy) is 2. The van der Waals surface area contributed by atoms with E-state index in [-0.39, 0.29) is 17.8 Å². The van der Waals surface area contributed by atoms with Crippen LogP contribution in [0.25, 0.3) is 0 Å². The number of carbonyl (C=O) groups is 1. The Kier molecular flexibility index (Phi) is 6.61. The van der Waals surface area contributed by atoms with Crippen LogP contribution in [0.1, 0.15) is 12.8 Å². The highest BCUT2D eigenvalue weighted by atomic mass is 19.1. The van der Waals surface area contributed by atoms with Gasteiger partial charge in [0, 0.05) is 39.6 Å². The number of hydrogen-bond acceptors (Lipinski definition) is 4. The topological polar surface area (TPSA) is 50.8 Å². The molecular weight excluding hydrogens is 287 g/mol. The maximum Gasteiger partial charge on any atom is 0.236 e. The number of hydrogen-bond donors (Lipinski definition) is 1. The monoisotopic (exact) mass is 310 g/mol. The number of nitrogens with one attached hydrogen (secondary N) is 1. The van der Waals surface area contributed by atoms with Gasteiger partial charge in [0.1, 0.15) is 17.7 Å².